The molecular formula is C12H12N2O4. The lowest BCUT2D eigenvalue weighted by Crippen LogP contribution is -2.14. The predicted octanol–water partition coefficient (Wildman–Crippen LogP) is 1.30. The summed E-state index contributed by atoms with van der Waals surface area (Å²) >= 11 is 0. The van der Waals surface area contributed by atoms with E-state index in [1.165, 1.54) is 11.5 Å². The molecule has 0 aromatic carbocycles. The number of pyridine rings is 1. The largest absolute Gasteiger partial charge is 0.464 e. The zero-order chi connectivity index (χ0) is 13.1. The van der Waals surface area contributed by atoms with Gasteiger partial charge >= 0.3 is 11.9 Å². The number of rotatable bonds is 3. The van der Waals surface area contributed by atoms with Gasteiger partial charge in [0, 0.05) is 6.20 Å². The van der Waals surface area contributed by atoms with Gasteiger partial charge in [-0.05, 0) is 19.1 Å². The van der Waals surface area contributed by atoms with E-state index in [2.05, 4.69) is 9.72 Å². The Balaban J connectivity index is 2.64. The van der Waals surface area contributed by atoms with Gasteiger partial charge in [-0.1, -0.05) is 6.07 Å². The maximum absolute atomic E-state index is 11.7. The van der Waals surface area contributed by atoms with Crippen molar-refractivity contribution in [3.05, 3.63) is 35.8 Å². The molecule has 2 aromatic heterocycles. The Morgan fingerprint density at radius 3 is 2.78 bits per heavy atom. The van der Waals surface area contributed by atoms with E-state index in [9.17, 15) is 9.59 Å². The van der Waals surface area contributed by atoms with Crippen molar-refractivity contribution in [2.45, 2.75) is 6.92 Å². The second-order valence-electron chi connectivity index (χ2n) is 3.45. The van der Waals surface area contributed by atoms with E-state index in [-0.39, 0.29) is 18.0 Å². The number of carbonyl (C=O) groups is 2. The van der Waals surface area contributed by atoms with Gasteiger partial charge < -0.3 is 9.47 Å². The van der Waals surface area contributed by atoms with Crippen LogP contribution in [0.15, 0.2) is 24.4 Å². The molecule has 2 rings (SSSR count). The number of hydrogen-bond acceptors (Lipinski definition) is 5. The first kappa shape index (κ1) is 12.1. The van der Waals surface area contributed by atoms with Crippen LogP contribution in [0.1, 0.15) is 27.9 Å². The lowest BCUT2D eigenvalue weighted by atomic mass is 10.3. The Bertz CT molecular complexity index is 603. The third-order valence-electron chi connectivity index (χ3n) is 2.38. The van der Waals surface area contributed by atoms with Crippen LogP contribution in [-0.4, -0.2) is 35.0 Å². The van der Waals surface area contributed by atoms with E-state index in [1.54, 1.807) is 31.3 Å². The van der Waals surface area contributed by atoms with Crippen molar-refractivity contribution in [2.24, 2.45) is 0 Å². The first-order valence-electron chi connectivity index (χ1n) is 5.41. The van der Waals surface area contributed by atoms with Crippen LogP contribution in [0.5, 0.6) is 0 Å². The van der Waals surface area contributed by atoms with Crippen molar-refractivity contribution in [3.63, 3.8) is 0 Å². The summed E-state index contributed by atoms with van der Waals surface area (Å²) in [5.41, 5.74) is 0.530. The van der Waals surface area contributed by atoms with Crippen LogP contribution < -0.4 is 0 Å². The molecule has 0 saturated heterocycles. The molecule has 0 atom stereocenters. The van der Waals surface area contributed by atoms with Gasteiger partial charge in [0.1, 0.15) is 5.65 Å². The monoisotopic (exact) mass is 248 g/mol. The number of carbonyl (C=O) groups excluding carboxylic acids is 2. The maximum atomic E-state index is 11.7. The van der Waals surface area contributed by atoms with E-state index in [4.69, 9.17) is 4.74 Å². The van der Waals surface area contributed by atoms with Gasteiger partial charge in [0.15, 0.2) is 11.4 Å². The second kappa shape index (κ2) is 4.87. The number of hydrogen-bond donors (Lipinski definition) is 0. The summed E-state index contributed by atoms with van der Waals surface area (Å²) in [6.07, 6.45) is 1.64. The molecule has 0 amide bonds. The van der Waals surface area contributed by atoms with Crippen molar-refractivity contribution in [1.29, 1.82) is 0 Å². The normalized spacial score (nSPS) is 10.3. The minimum absolute atomic E-state index is 0.0325. The van der Waals surface area contributed by atoms with Crippen molar-refractivity contribution in [2.75, 3.05) is 13.7 Å². The molecule has 18 heavy (non-hydrogen) atoms. The van der Waals surface area contributed by atoms with Gasteiger partial charge in [0.2, 0.25) is 0 Å². The number of fused-ring (bicyclic) bond motifs is 1. The minimum atomic E-state index is -0.637. The van der Waals surface area contributed by atoms with Gasteiger partial charge in [0.05, 0.1) is 13.7 Å². The van der Waals surface area contributed by atoms with E-state index in [0.717, 1.165) is 0 Å². The smallest absolute Gasteiger partial charge is 0.359 e. The van der Waals surface area contributed by atoms with E-state index in [0.29, 0.717) is 5.65 Å². The Kier molecular flexibility index (Phi) is 3.27. The van der Waals surface area contributed by atoms with E-state index < -0.39 is 11.9 Å². The molecular weight excluding hydrogens is 236 g/mol. The fourth-order valence-corrected chi connectivity index (χ4v) is 1.63. The molecule has 0 aliphatic rings. The average Bonchev–Trinajstić information content (AvgIpc) is 2.77. The first-order valence-corrected chi connectivity index (χ1v) is 5.41. The molecule has 6 nitrogen and oxygen atoms in total. The molecule has 2 heterocycles. The Morgan fingerprint density at radius 2 is 2.11 bits per heavy atom. The molecule has 0 N–H and O–H groups in total. The summed E-state index contributed by atoms with van der Waals surface area (Å²) in [6.45, 7) is 1.90. The van der Waals surface area contributed by atoms with Crippen molar-refractivity contribution < 1.29 is 19.1 Å². The van der Waals surface area contributed by atoms with Crippen LogP contribution in [0, 0.1) is 0 Å². The number of methoxy groups -OCH3 is 1. The SMILES string of the molecule is CCOC(=O)c1nc2ccccn2c1C(=O)OC. The molecule has 6 heteroatoms. The summed E-state index contributed by atoms with van der Waals surface area (Å²) < 4.78 is 11.0. The lowest BCUT2D eigenvalue weighted by Gasteiger charge is -2.02. The van der Waals surface area contributed by atoms with Crippen molar-refractivity contribution in [3.8, 4) is 0 Å². The molecule has 0 radical (unpaired) electrons. The summed E-state index contributed by atoms with van der Waals surface area (Å²) in [5.74, 6) is -1.27. The summed E-state index contributed by atoms with van der Waals surface area (Å²) in [6, 6.07) is 5.18. The summed E-state index contributed by atoms with van der Waals surface area (Å²) in [5, 5.41) is 0. The average molecular weight is 248 g/mol. The molecule has 0 saturated carbocycles. The maximum Gasteiger partial charge on any atom is 0.359 e. The van der Waals surface area contributed by atoms with Gasteiger partial charge in [0.25, 0.3) is 0 Å². The van der Waals surface area contributed by atoms with Crippen molar-refractivity contribution in [1.82, 2.24) is 9.38 Å². The predicted molar refractivity (Wildman–Crippen MR) is 62.5 cm³/mol. The first-order chi connectivity index (χ1) is 8.69. The zero-order valence-corrected chi connectivity index (χ0v) is 10.0. The minimum Gasteiger partial charge on any atom is -0.464 e. The Morgan fingerprint density at radius 1 is 1.33 bits per heavy atom. The van der Waals surface area contributed by atoms with Gasteiger partial charge in [-0.25, -0.2) is 14.6 Å². The molecule has 0 bridgehead atoms. The molecule has 94 valence electrons. The third kappa shape index (κ3) is 1.92. The van der Waals surface area contributed by atoms with Crippen LogP contribution in [0.4, 0.5) is 0 Å². The molecule has 0 unspecified atom stereocenters. The number of aromatic nitrogens is 2. The molecule has 0 fully saturated rings. The molecule has 2 aromatic rings. The molecule has 0 spiro atoms. The number of imidazole rings is 1. The highest BCUT2D eigenvalue weighted by atomic mass is 16.5. The topological polar surface area (TPSA) is 69.9 Å². The summed E-state index contributed by atoms with van der Waals surface area (Å²) in [7, 11) is 1.25. The number of esters is 2. The van der Waals surface area contributed by atoms with Crippen LogP contribution >= 0.6 is 0 Å². The highest BCUT2D eigenvalue weighted by Gasteiger charge is 2.25. The van der Waals surface area contributed by atoms with Gasteiger partial charge in [-0.15, -0.1) is 0 Å². The fourth-order valence-electron chi connectivity index (χ4n) is 1.63. The van der Waals surface area contributed by atoms with E-state index in [1.807, 2.05) is 0 Å². The lowest BCUT2D eigenvalue weighted by molar-refractivity contribution is 0.0496. The highest BCUT2D eigenvalue weighted by Crippen LogP contribution is 2.14. The standard InChI is InChI=1S/C12H12N2O4/c1-3-18-11(15)9-10(12(16)17-2)14-7-5-4-6-8(14)13-9/h4-7H,3H2,1-2H3. The van der Waals surface area contributed by atoms with Crippen LogP contribution in [-0.2, 0) is 9.47 Å². The van der Waals surface area contributed by atoms with Crippen molar-refractivity contribution >= 4 is 17.6 Å². The number of ether oxygens (including phenoxy) is 2. The third-order valence-corrected chi connectivity index (χ3v) is 2.38. The summed E-state index contributed by atoms with van der Waals surface area (Å²) in [4.78, 5) is 27.6. The van der Waals surface area contributed by atoms with Gasteiger partial charge in [-0.3, -0.25) is 4.40 Å². The quantitative estimate of drug-likeness (QED) is 0.766. The van der Waals surface area contributed by atoms with Crippen LogP contribution in [0.25, 0.3) is 5.65 Å². The molecule has 0 aliphatic heterocycles. The molecule has 0 aliphatic carbocycles. The van der Waals surface area contributed by atoms with Gasteiger partial charge in [-0.2, -0.15) is 0 Å². The van der Waals surface area contributed by atoms with Crippen LogP contribution in [0.3, 0.4) is 0 Å². The zero-order valence-electron chi connectivity index (χ0n) is 10.0. The van der Waals surface area contributed by atoms with E-state index >= 15 is 0 Å². The van der Waals surface area contributed by atoms with Crippen LogP contribution in [0.2, 0.25) is 0 Å². The number of nitrogens with zero attached hydrogens (tertiary/aromatic N) is 2. The Hall–Kier alpha value is -2.37. The highest BCUT2D eigenvalue weighted by molar-refractivity contribution is 6.01. The fraction of sp³-hybridized carbons (Fsp3) is 0.250. The second-order valence-corrected chi connectivity index (χ2v) is 3.45. The Labute approximate surface area is 103 Å².